The molecule has 2 atom stereocenters. The Hall–Kier alpha value is -1.29. The van der Waals surface area contributed by atoms with E-state index in [9.17, 15) is 4.79 Å². The van der Waals surface area contributed by atoms with Gasteiger partial charge in [0.25, 0.3) is 0 Å². The zero-order chi connectivity index (χ0) is 8.55. The van der Waals surface area contributed by atoms with E-state index in [1.807, 2.05) is 12.1 Å². The predicted molar refractivity (Wildman–Crippen MR) is 41.9 cm³/mol. The lowest BCUT2D eigenvalue weighted by Gasteiger charge is -1.94. The summed E-state index contributed by atoms with van der Waals surface area (Å²) in [6, 6.07) is 3.71. The van der Waals surface area contributed by atoms with E-state index in [-0.39, 0.29) is 17.7 Å². The molecule has 0 radical (unpaired) electrons. The summed E-state index contributed by atoms with van der Waals surface area (Å²) < 4.78 is 5.16. The molecule has 2 rings (SSSR count). The quantitative estimate of drug-likeness (QED) is 0.379. The van der Waals surface area contributed by atoms with Crippen LogP contribution in [0.1, 0.15) is 18.1 Å². The summed E-state index contributed by atoms with van der Waals surface area (Å²) in [4.78, 5) is 11.0. The van der Waals surface area contributed by atoms with Crippen LogP contribution in [0, 0.1) is 5.92 Å². The normalized spacial score (nSPS) is 26.8. The SMILES string of the molecule is NNC(=O)C1CC1c1ccco1. The van der Waals surface area contributed by atoms with Gasteiger partial charge in [-0.1, -0.05) is 0 Å². The van der Waals surface area contributed by atoms with Crippen molar-refractivity contribution in [3.8, 4) is 0 Å². The van der Waals surface area contributed by atoms with Gasteiger partial charge in [0.05, 0.1) is 6.26 Å². The van der Waals surface area contributed by atoms with Crippen LogP contribution in [0.3, 0.4) is 0 Å². The second kappa shape index (κ2) is 2.64. The van der Waals surface area contributed by atoms with Crippen molar-refractivity contribution in [2.75, 3.05) is 0 Å². The first-order chi connectivity index (χ1) is 5.83. The van der Waals surface area contributed by atoms with E-state index in [4.69, 9.17) is 10.3 Å². The Bertz CT molecular complexity index is 281. The van der Waals surface area contributed by atoms with Gasteiger partial charge in [-0.25, -0.2) is 5.84 Å². The van der Waals surface area contributed by atoms with Gasteiger partial charge >= 0.3 is 0 Å². The first-order valence-corrected chi connectivity index (χ1v) is 3.87. The van der Waals surface area contributed by atoms with Crippen molar-refractivity contribution in [2.24, 2.45) is 11.8 Å². The summed E-state index contributed by atoms with van der Waals surface area (Å²) in [5.41, 5.74) is 2.14. The number of nitrogens with two attached hydrogens (primary N) is 1. The Labute approximate surface area is 69.7 Å². The van der Waals surface area contributed by atoms with E-state index < -0.39 is 0 Å². The zero-order valence-electron chi connectivity index (χ0n) is 6.49. The number of hydrazine groups is 1. The van der Waals surface area contributed by atoms with Crippen molar-refractivity contribution < 1.29 is 9.21 Å². The van der Waals surface area contributed by atoms with Gasteiger partial charge in [0.15, 0.2) is 0 Å². The van der Waals surface area contributed by atoms with Crippen LogP contribution in [-0.2, 0) is 4.79 Å². The molecule has 0 bridgehead atoms. The van der Waals surface area contributed by atoms with Crippen molar-refractivity contribution in [3.05, 3.63) is 24.2 Å². The topological polar surface area (TPSA) is 68.3 Å². The third-order valence-electron chi connectivity index (χ3n) is 2.18. The number of hydrogen-bond donors (Lipinski definition) is 2. The molecule has 2 unspecified atom stereocenters. The van der Waals surface area contributed by atoms with E-state index in [2.05, 4.69) is 5.43 Å². The minimum Gasteiger partial charge on any atom is -0.469 e. The Morgan fingerprint density at radius 3 is 3.17 bits per heavy atom. The second-order valence-electron chi connectivity index (χ2n) is 2.97. The standard InChI is InChI=1S/C8H10N2O2/c9-10-8(11)6-4-5(6)7-2-1-3-12-7/h1-3,5-6H,4,9H2,(H,10,11). The van der Waals surface area contributed by atoms with E-state index in [1.54, 1.807) is 6.26 Å². The molecule has 12 heavy (non-hydrogen) atoms. The van der Waals surface area contributed by atoms with E-state index in [0.29, 0.717) is 0 Å². The third-order valence-corrected chi connectivity index (χ3v) is 2.18. The Balaban J connectivity index is 2.01. The highest BCUT2D eigenvalue weighted by Crippen LogP contribution is 2.47. The Kier molecular flexibility index (Phi) is 1.62. The number of carbonyl (C=O) groups excluding carboxylic acids is 1. The van der Waals surface area contributed by atoms with Crippen molar-refractivity contribution in [3.63, 3.8) is 0 Å². The fraction of sp³-hybridized carbons (Fsp3) is 0.375. The van der Waals surface area contributed by atoms with Gasteiger partial charge in [-0.05, 0) is 18.6 Å². The summed E-state index contributed by atoms with van der Waals surface area (Å²) in [7, 11) is 0. The third kappa shape index (κ3) is 1.10. The molecule has 0 aromatic carbocycles. The van der Waals surface area contributed by atoms with Crippen molar-refractivity contribution in [1.82, 2.24) is 5.43 Å². The smallest absolute Gasteiger partial charge is 0.237 e. The number of nitrogens with one attached hydrogen (secondary N) is 1. The molecule has 1 heterocycles. The first-order valence-electron chi connectivity index (χ1n) is 3.87. The first kappa shape index (κ1) is 7.36. The molecule has 1 saturated carbocycles. The number of carbonyl (C=O) groups is 1. The fourth-order valence-electron chi connectivity index (χ4n) is 1.41. The van der Waals surface area contributed by atoms with Gasteiger partial charge < -0.3 is 4.42 Å². The lowest BCUT2D eigenvalue weighted by molar-refractivity contribution is -0.122. The maximum absolute atomic E-state index is 11.0. The van der Waals surface area contributed by atoms with Crippen LogP contribution in [0.4, 0.5) is 0 Å². The molecular weight excluding hydrogens is 156 g/mol. The Morgan fingerprint density at radius 2 is 2.58 bits per heavy atom. The van der Waals surface area contributed by atoms with Gasteiger partial charge in [-0.2, -0.15) is 0 Å². The van der Waals surface area contributed by atoms with Crippen LogP contribution in [0.15, 0.2) is 22.8 Å². The maximum atomic E-state index is 11.0. The molecule has 1 amide bonds. The number of rotatable bonds is 2. The van der Waals surface area contributed by atoms with Crippen molar-refractivity contribution in [2.45, 2.75) is 12.3 Å². The molecule has 0 spiro atoms. The zero-order valence-corrected chi connectivity index (χ0v) is 6.49. The van der Waals surface area contributed by atoms with E-state index in [1.165, 1.54) is 0 Å². The lowest BCUT2D eigenvalue weighted by Crippen LogP contribution is -2.31. The molecule has 64 valence electrons. The van der Waals surface area contributed by atoms with Gasteiger partial charge in [-0.15, -0.1) is 0 Å². The molecule has 0 aliphatic heterocycles. The van der Waals surface area contributed by atoms with Crippen LogP contribution in [-0.4, -0.2) is 5.91 Å². The molecule has 1 aromatic heterocycles. The van der Waals surface area contributed by atoms with Crippen molar-refractivity contribution in [1.29, 1.82) is 0 Å². The molecular formula is C8H10N2O2. The van der Waals surface area contributed by atoms with Crippen molar-refractivity contribution >= 4 is 5.91 Å². The number of hydrogen-bond acceptors (Lipinski definition) is 3. The average Bonchev–Trinajstić information content (AvgIpc) is 2.71. The van der Waals surface area contributed by atoms with Crippen LogP contribution >= 0.6 is 0 Å². The number of amides is 1. The van der Waals surface area contributed by atoms with Crippen LogP contribution in [0.25, 0.3) is 0 Å². The van der Waals surface area contributed by atoms with Gasteiger partial charge in [0.1, 0.15) is 5.76 Å². The summed E-state index contributed by atoms with van der Waals surface area (Å²) in [5.74, 6) is 6.03. The second-order valence-corrected chi connectivity index (χ2v) is 2.97. The molecule has 1 fully saturated rings. The van der Waals surface area contributed by atoms with Crippen LogP contribution < -0.4 is 11.3 Å². The van der Waals surface area contributed by atoms with Gasteiger partial charge in [0.2, 0.25) is 5.91 Å². The predicted octanol–water partition coefficient (Wildman–Crippen LogP) is 0.373. The monoisotopic (exact) mass is 166 g/mol. The molecule has 3 N–H and O–H groups in total. The summed E-state index contributed by atoms with van der Waals surface area (Å²) >= 11 is 0. The maximum Gasteiger partial charge on any atom is 0.237 e. The fourth-order valence-corrected chi connectivity index (χ4v) is 1.41. The van der Waals surface area contributed by atoms with Crippen LogP contribution in [0.2, 0.25) is 0 Å². The van der Waals surface area contributed by atoms with E-state index >= 15 is 0 Å². The minimum atomic E-state index is -0.101. The minimum absolute atomic E-state index is 0.0150. The highest BCUT2D eigenvalue weighted by molar-refractivity contribution is 5.82. The number of furan rings is 1. The summed E-state index contributed by atoms with van der Waals surface area (Å²) in [6.45, 7) is 0. The van der Waals surface area contributed by atoms with Gasteiger partial charge in [-0.3, -0.25) is 10.2 Å². The summed E-state index contributed by atoms with van der Waals surface area (Å²) in [6.07, 6.45) is 2.46. The van der Waals surface area contributed by atoms with E-state index in [0.717, 1.165) is 12.2 Å². The Morgan fingerprint density at radius 1 is 1.75 bits per heavy atom. The lowest BCUT2D eigenvalue weighted by atomic mass is 10.2. The molecule has 4 nitrogen and oxygen atoms in total. The highest BCUT2D eigenvalue weighted by atomic mass is 16.3. The van der Waals surface area contributed by atoms with Gasteiger partial charge in [0, 0.05) is 11.8 Å². The highest BCUT2D eigenvalue weighted by Gasteiger charge is 2.45. The molecule has 1 aliphatic carbocycles. The largest absolute Gasteiger partial charge is 0.469 e. The molecule has 1 aliphatic rings. The molecule has 1 aromatic rings. The average molecular weight is 166 g/mol. The molecule has 0 saturated heterocycles. The molecule has 4 heteroatoms. The van der Waals surface area contributed by atoms with Crippen LogP contribution in [0.5, 0.6) is 0 Å². The summed E-state index contributed by atoms with van der Waals surface area (Å²) in [5, 5.41) is 0.